The third-order valence-electron chi connectivity index (χ3n) is 1.86. The molecule has 68 valence electrons. The van der Waals surface area contributed by atoms with Crippen LogP contribution < -0.4 is 0 Å². The van der Waals surface area contributed by atoms with Crippen molar-refractivity contribution in [2.75, 3.05) is 5.88 Å². The van der Waals surface area contributed by atoms with Crippen LogP contribution >= 0.6 is 11.6 Å². The molecule has 2 nitrogen and oxygen atoms in total. The van der Waals surface area contributed by atoms with Crippen LogP contribution in [0.15, 0.2) is 12.4 Å². The number of aromatic nitrogens is 2. The van der Waals surface area contributed by atoms with E-state index in [9.17, 15) is 0 Å². The van der Waals surface area contributed by atoms with Crippen LogP contribution in [0, 0.1) is 5.92 Å². The van der Waals surface area contributed by atoms with Gasteiger partial charge in [0.15, 0.2) is 0 Å². The molecular weight excluding hydrogens is 172 g/mol. The molecule has 3 heteroatoms. The highest BCUT2D eigenvalue weighted by Gasteiger charge is 2.03. The maximum Gasteiger partial charge on any atom is 0.0521 e. The summed E-state index contributed by atoms with van der Waals surface area (Å²) >= 11 is 5.72. The van der Waals surface area contributed by atoms with E-state index in [1.807, 2.05) is 10.9 Å². The third-order valence-corrected chi connectivity index (χ3v) is 2.39. The first-order chi connectivity index (χ1) is 5.76. The quantitative estimate of drug-likeness (QED) is 0.660. The second-order valence-electron chi connectivity index (χ2n) is 3.17. The molecule has 1 aromatic rings. The Morgan fingerprint density at radius 2 is 2.42 bits per heavy atom. The summed E-state index contributed by atoms with van der Waals surface area (Å²) in [6, 6.07) is 0. The van der Waals surface area contributed by atoms with E-state index < -0.39 is 0 Å². The number of hydrogen-bond acceptors (Lipinski definition) is 1. The van der Waals surface area contributed by atoms with Crippen LogP contribution in [0.1, 0.15) is 19.4 Å². The van der Waals surface area contributed by atoms with Crippen LogP contribution in [0.2, 0.25) is 0 Å². The van der Waals surface area contributed by atoms with E-state index in [1.54, 1.807) is 0 Å². The summed E-state index contributed by atoms with van der Waals surface area (Å²) in [6.45, 7) is 5.17. The second kappa shape index (κ2) is 4.51. The number of hydrogen-bond donors (Lipinski definition) is 0. The van der Waals surface area contributed by atoms with Crippen molar-refractivity contribution >= 4 is 11.6 Å². The van der Waals surface area contributed by atoms with Gasteiger partial charge in [0.2, 0.25) is 0 Å². The van der Waals surface area contributed by atoms with Gasteiger partial charge >= 0.3 is 0 Å². The molecule has 0 saturated carbocycles. The molecule has 0 bridgehead atoms. The first kappa shape index (κ1) is 9.59. The Morgan fingerprint density at radius 3 is 2.92 bits per heavy atom. The Kier molecular flexibility index (Phi) is 3.60. The molecule has 1 rings (SSSR count). The van der Waals surface area contributed by atoms with Crippen LogP contribution in [-0.2, 0) is 13.0 Å². The summed E-state index contributed by atoms with van der Waals surface area (Å²) in [4.78, 5) is 0. The number of halogens is 1. The SMILES string of the molecule is CCn1cc(CC(C)CCl)cn1. The lowest BCUT2D eigenvalue weighted by Gasteiger charge is -2.03. The fourth-order valence-corrected chi connectivity index (χ4v) is 1.25. The molecule has 0 amide bonds. The molecule has 0 saturated heterocycles. The zero-order chi connectivity index (χ0) is 8.97. The van der Waals surface area contributed by atoms with Gasteiger partial charge in [-0.15, -0.1) is 11.6 Å². The maximum absolute atomic E-state index is 5.72. The number of aryl methyl sites for hydroxylation is 1. The van der Waals surface area contributed by atoms with Gasteiger partial charge in [0.25, 0.3) is 0 Å². The average molecular weight is 187 g/mol. The summed E-state index contributed by atoms with van der Waals surface area (Å²) in [5, 5.41) is 4.20. The lowest BCUT2D eigenvalue weighted by atomic mass is 10.1. The monoisotopic (exact) mass is 186 g/mol. The van der Waals surface area contributed by atoms with Gasteiger partial charge in [0, 0.05) is 18.6 Å². The van der Waals surface area contributed by atoms with Gasteiger partial charge in [0.05, 0.1) is 6.20 Å². The minimum Gasteiger partial charge on any atom is -0.273 e. The van der Waals surface area contributed by atoms with Gasteiger partial charge in [-0.3, -0.25) is 4.68 Å². The van der Waals surface area contributed by atoms with Crippen LogP contribution in [0.5, 0.6) is 0 Å². The van der Waals surface area contributed by atoms with Crippen molar-refractivity contribution in [3.8, 4) is 0 Å². The molecule has 1 heterocycles. The Bertz CT molecular complexity index is 232. The van der Waals surface area contributed by atoms with Gasteiger partial charge in [-0.2, -0.15) is 5.10 Å². The van der Waals surface area contributed by atoms with Crippen molar-refractivity contribution in [1.82, 2.24) is 9.78 Å². The largest absolute Gasteiger partial charge is 0.273 e. The summed E-state index contributed by atoms with van der Waals surface area (Å²) in [5.74, 6) is 1.26. The number of nitrogens with zero attached hydrogens (tertiary/aromatic N) is 2. The van der Waals surface area contributed by atoms with Crippen LogP contribution in [0.3, 0.4) is 0 Å². The van der Waals surface area contributed by atoms with Crippen molar-refractivity contribution in [1.29, 1.82) is 0 Å². The molecule has 0 aliphatic rings. The van der Waals surface area contributed by atoms with Crippen LogP contribution in [-0.4, -0.2) is 15.7 Å². The van der Waals surface area contributed by atoms with Crippen molar-refractivity contribution in [3.63, 3.8) is 0 Å². The van der Waals surface area contributed by atoms with Crippen LogP contribution in [0.25, 0.3) is 0 Å². The second-order valence-corrected chi connectivity index (χ2v) is 3.48. The Hall–Kier alpha value is -0.500. The van der Waals surface area contributed by atoms with E-state index in [0.717, 1.165) is 18.8 Å². The number of rotatable bonds is 4. The molecule has 0 fully saturated rings. The Balaban J connectivity index is 2.52. The molecule has 1 aromatic heterocycles. The summed E-state index contributed by atoms with van der Waals surface area (Å²) in [5.41, 5.74) is 1.28. The number of alkyl halides is 1. The van der Waals surface area contributed by atoms with Gasteiger partial charge in [-0.05, 0) is 24.8 Å². The highest BCUT2D eigenvalue weighted by Crippen LogP contribution is 2.08. The molecule has 0 radical (unpaired) electrons. The van der Waals surface area contributed by atoms with E-state index >= 15 is 0 Å². The molecule has 0 aliphatic carbocycles. The highest BCUT2D eigenvalue weighted by molar-refractivity contribution is 6.18. The Labute approximate surface area is 78.5 Å². The van der Waals surface area contributed by atoms with Gasteiger partial charge in [-0.1, -0.05) is 6.92 Å². The lowest BCUT2D eigenvalue weighted by Crippen LogP contribution is -2.00. The molecule has 0 N–H and O–H groups in total. The predicted molar refractivity (Wildman–Crippen MR) is 51.5 cm³/mol. The Morgan fingerprint density at radius 1 is 1.67 bits per heavy atom. The first-order valence-electron chi connectivity index (χ1n) is 4.33. The van der Waals surface area contributed by atoms with E-state index in [4.69, 9.17) is 11.6 Å². The maximum atomic E-state index is 5.72. The minimum atomic E-state index is 0.543. The predicted octanol–water partition coefficient (Wildman–Crippen LogP) is 2.32. The van der Waals surface area contributed by atoms with Gasteiger partial charge in [0.1, 0.15) is 0 Å². The fraction of sp³-hybridized carbons (Fsp3) is 0.667. The van der Waals surface area contributed by atoms with Crippen LogP contribution in [0.4, 0.5) is 0 Å². The van der Waals surface area contributed by atoms with Crippen molar-refractivity contribution in [2.45, 2.75) is 26.8 Å². The third kappa shape index (κ3) is 2.52. The minimum absolute atomic E-state index is 0.543. The van der Waals surface area contributed by atoms with E-state index in [-0.39, 0.29) is 0 Å². The summed E-state index contributed by atoms with van der Waals surface area (Å²) in [6.07, 6.45) is 5.04. The molecular formula is C9H15ClN2. The molecule has 12 heavy (non-hydrogen) atoms. The van der Waals surface area contributed by atoms with Gasteiger partial charge in [-0.25, -0.2) is 0 Å². The zero-order valence-electron chi connectivity index (χ0n) is 7.63. The van der Waals surface area contributed by atoms with E-state index in [1.165, 1.54) is 5.56 Å². The molecule has 1 atom stereocenters. The summed E-state index contributed by atoms with van der Waals surface area (Å²) < 4.78 is 1.94. The molecule has 0 aliphatic heterocycles. The first-order valence-corrected chi connectivity index (χ1v) is 4.87. The normalized spacial score (nSPS) is 13.2. The van der Waals surface area contributed by atoms with Crippen molar-refractivity contribution < 1.29 is 0 Å². The fourth-order valence-electron chi connectivity index (χ4n) is 1.14. The standard InChI is InChI=1S/C9H15ClN2/c1-3-12-7-9(6-11-12)4-8(2)5-10/h6-8H,3-5H2,1-2H3. The highest BCUT2D eigenvalue weighted by atomic mass is 35.5. The lowest BCUT2D eigenvalue weighted by molar-refractivity contribution is 0.644. The molecule has 0 spiro atoms. The smallest absolute Gasteiger partial charge is 0.0521 e. The van der Waals surface area contributed by atoms with E-state index in [2.05, 4.69) is 25.1 Å². The van der Waals surface area contributed by atoms with E-state index in [0.29, 0.717) is 5.92 Å². The molecule has 0 aromatic carbocycles. The van der Waals surface area contributed by atoms with Gasteiger partial charge < -0.3 is 0 Å². The summed E-state index contributed by atoms with van der Waals surface area (Å²) in [7, 11) is 0. The van der Waals surface area contributed by atoms with Crippen molar-refractivity contribution in [2.24, 2.45) is 5.92 Å². The topological polar surface area (TPSA) is 17.8 Å². The average Bonchev–Trinajstić information content (AvgIpc) is 2.52. The van der Waals surface area contributed by atoms with Crippen molar-refractivity contribution in [3.05, 3.63) is 18.0 Å². The zero-order valence-corrected chi connectivity index (χ0v) is 8.38. The molecule has 1 unspecified atom stereocenters.